The van der Waals surface area contributed by atoms with Crippen molar-refractivity contribution in [3.05, 3.63) is 15.5 Å². The minimum absolute atomic E-state index is 0.638. The summed E-state index contributed by atoms with van der Waals surface area (Å²) in [6, 6.07) is 0. The average Bonchev–Trinajstić information content (AvgIpc) is 2.61. The molecule has 0 aromatic carbocycles. The molecular formula is C11H20ClN3S. The quantitative estimate of drug-likeness (QED) is 0.752. The third-order valence-corrected chi connectivity index (χ3v) is 3.41. The topological polar surface area (TPSA) is 19.4 Å². The molecule has 0 amide bonds. The normalized spacial score (nSPS) is 11.6. The molecule has 0 aliphatic rings. The standard InChI is InChI=1S/C11H20ClN3S/c1-4-5-15(7-6-14(2)3)9-10-8-13-11(12)16-10/h8H,4-7,9H2,1-3H3. The van der Waals surface area contributed by atoms with Crippen LogP contribution in [0.3, 0.4) is 0 Å². The summed E-state index contributed by atoms with van der Waals surface area (Å²) in [6.45, 7) is 6.49. The number of thiazole rings is 1. The molecule has 0 fully saturated rings. The van der Waals surface area contributed by atoms with Gasteiger partial charge in [0.25, 0.3) is 0 Å². The van der Waals surface area contributed by atoms with Gasteiger partial charge in [-0.25, -0.2) is 4.98 Å². The first kappa shape index (κ1) is 13.9. The van der Waals surface area contributed by atoms with Crippen molar-refractivity contribution in [3.63, 3.8) is 0 Å². The predicted molar refractivity (Wildman–Crippen MR) is 71.2 cm³/mol. The maximum atomic E-state index is 5.83. The van der Waals surface area contributed by atoms with Gasteiger partial charge in [0.15, 0.2) is 4.47 Å². The van der Waals surface area contributed by atoms with Crippen molar-refractivity contribution in [2.75, 3.05) is 33.7 Å². The molecule has 0 saturated carbocycles. The van der Waals surface area contributed by atoms with Crippen LogP contribution in [0.25, 0.3) is 0 Å². The Morgan fingerprint density at radius 2 is 2.06 bits per heavy atom. The molecule has 92 valence electrons. The van der Waals surface area contributed by atoms with Gasteiger partial charge in [0, 0.05) is 30.7 Å². The largest absolute Gasteiger partial charge is 0.308 e. The fourth-order valence-electron chi connectivity index (χ4n) is 1.50. The van der Waals surface area contributed by atoms with E-state index in [0.29, 0.717) is 4.47 Å². The number of hydrogen-bond acceptors (Lipinski definition) is 4. The van der Waals surface area contributed by atoms with Gasteiger partial charge in [0.1, 0.15) is 0 Å². The average molecular weight is 262 g/mol. The summed E-state index contributed by atoms with van der Waals surface area (Å²) in [7, 11) is 4.21. The van der Waals surface area contributed by atoms with Crippen molar-refractivity contribution >= 4 is 22.9 Å². The van der Waals surface area contributed by atoms with Crippen LogP contribution < -0.4 is 0 Å². The third-order valence-electron chi connectivity index (χ3n) is 2.31. The summed E-state index contributed by atoms with van der Waals surface area (Å²) >= 11 is 7.40. The summed E-state index contributed by atoms with van der Waals surface area (Å²) in [5.74, 6) is 0. The highest BCUT2D eigenvalue weighted by Gasteiger charge is 2.07. The molecule has 1 heterocycles. The lowest BCUT2D eigenvalue weighted by molar-refractivity contribution is 0.235. The molecule has 0 unspecified atom stereocenters. The zero-order chi connectivity index (χ0) is 12.0. The van der Waals surface area contributed by atoms with Crippen LogP contribution in [0.15, 0.2) is 6.20 Å². The minimum atomic E-state index is 0.638. The second kappa shape index (κ2) is 7.22. The SMILES string of the molecule is CCCN(CCN(C)C)Cc1cnc(Cl)s1. The summed E-state index contributed by atoms with van der Waals surface area (Å²) in [5.41, 5.74) is 0. The van der Waals surface area contributed by atoms with E-state index in [9.17, 15) is 0 Å². The molecule has 3 nitrogen and oxygen atoms in total. The lowest BCUT2D eigenvalue weighted by Crippen LogP contribution is -2.31. The van der Waals surface area contributed by atoms with Gasteiger partial charge in [-0.3, -0.25) is 4.90 Å². The number of likely N-dealkylation sites (N-methyl/N-ethyl adjacent to an activating group) is 1. The molecule has 1 rings (SSSR count). The van der Waals surface area contributed by atoms with Gasteiger partial charge in [-0.1, -0.05) is 18.5 Å². The zero-order valence-corrected chi connectivity index (χ0v) is 11.8. The van der Waals surface area contributed by atoms with Crippen LogP contribution in [0, 0.1) is 0 Å². The second-order valence-corrected chi connectivity index (χ2v) is 5.86. The van der Waals surface area contributed by atoms with Crippen molar-refractivity contribution in [1.82, 2.24) is 14.8 Å². The Bertz CT molecular complexity index is 301. The molecule has 0 N–H and O–H groups in total. The van der Waals surface area contributed by atoms with E-state index >= 15 is 0 Å². The molecule has 0 radical (unpaired) electrons. The molecule has 0 bridgehead atoms. The van der Waals surface area contributed by atoms with Gasteiger partial charge in [-0.05, 0) is 27.1 Å². The van der Waals surface area contributed by atoms with E-state index in [2.05, 4.69) is 35.8 Å². The van der Waals surface area contributed by atoms with E-state index in [0.717, 1.165) is 26.2 Å². The van der Waals surface area contributed by atoms with E-state index < -0.39 is 0 Å². The van der Waals surface area contributed by atoms with Crippen molar-refractivity contribution < 1.29 is 0 Å². The van der Waals surface area contributed by atoms with Gasteiger partial charge in [0.05, 0.1) is 0 Å². The monoisotopic (exact) mass is 261 g/mol. The van der Waals surface area contributed by atoms with E-state index in [1.807, 2.05) is 6.20 Å². The van der Waals surface area contributed by atoms with Crippen molar-refractivity contribution in [1.29, 1.82) is 0 Å². The first-order valence-electron chi connectivity index (χ1n) is 5.59. The Kier molecular flexibility index (Phi) is 6.28. The van der Waals surface area contributed by atoms with Gasteiger partial charge < -0.3 is 4.90 Å². The summed E-state index contributed by atoms with van der Waals surface area (Å²) in [4.78, 5) is 9.98. The van der Waals surface area contributed by atoms with Crippen LogP contribution in [0.1, 0.15) is 18.2 Å². The van der Waals surface area contributed by atoms with Crippen LogP contribution in [-0.4, -0.2) is 48.5 Å². The molecular weight excluding hydrogens is 242 g/mol. The highest BCUT2D eigenvalue weighted by molar-refractivity contribution is 7.15. The van der Waals surface area contributed by atoms with Crippen LogP contribution in [-0.2, 0) is 6.54 Å². The molecule has 0 aliphatic carbocycles. The van der Waals surface area contributed by atoms with Crippen LogP contribution in [0.4, 0.5) is 0 Å². The van der Waals surface area contributed by atoms with E-state index in [1.165, 1.54) is 11.3 Å². The maximum Gasteiger partial charge on any atom is 0.183 e. The number of rotatable bonds is 7. The van der Waals surface area contributed by atoms with Crippen molar-refractivity contribution in [3.8, 4) is 0 Å². The van der Waals surface area contributed by atoms with E-state index in [1.54, 1.807) is 11.3 Å². The Balaban J connectivity index is 2.43. The molecule has 1 aromatic heterocycles. The molecule has 16 heavy (non-hydrogen) atoms. The second-order valence-electron chi connectivity index (χ2n) is 4.16. The van der Waals surface area contributed by atoms with Crippen molar-refractivity contribution in [2.24, 2.45) is 0 Å². The number of hydrogen-bond donors (Lipinski definition) is 0. The predicted octanol–water partition coefficient (Wildman–Crippen LogP) is 2.57. The van der Waals surface area contributed by atoms with E-state index in [4.69, 9.17) is 11.6 Å². The van der Waals surface area contributed by atoms with Gasteiger partial charge in [-0.15, -0.1) is 11.3 Å². The zero-order valence-electron chi connectivity index (χ0n) is 10.2. The number of halogens is 1. The van der Waals surface area contributed by atoms with Gasteiger partial charge >= 0.3 is 0 Å². The highest BCUT2D eigenvalue weighted by atomic mass is 35.5. The molecule has 1 aromatic rings. The van der Waals surface area contributed by atoms with Crippen LogP contribution in [0.5, 0.6) is 0 Å². The Labute approximate surface area is 107 Å². The van der Waals surface area contributed by atoms with Crippen LogP contribution >= 0.6 is 22.9 Å². The summed E-state index contributed by atoms with van der Waals surface area (Å²) < 4.78 is 0.638. The lowest BCUT2D eigenvalue weighted by atomic mass is 10.3. The summed E-state index contributed by atoms with van der Waals surface area (Å²) in [6.07, 6.45) is 3.06. The molecule has 0 saturated heterocycles. The Morgan fingerprint density at radius 1 is 1.31 bits per heavy atom. The molecule has 0 aliphatic heterocycles. The summed E-state index contributed by atoms with van der Waals surface area (Å²) in [5, 5.41) is 0. The molecule has 0 atom stereocenters. The fourth-order valence-corrected chi connectivity index (χ4v) is 2.53. The maximum absolute atomic E-state index is 5.83. The van der Waals surface area contributed by atoms with E-state index in [-0.39, 0.29) is 0 Å². The Morgan fingerprint density at radius 3 is 2.56 bits per heavy atom. The number of aromatic nitrogens is 1. The highest BCUT2D eigenvalue weighted by Crippen LogP contribution is 2.19. The number of nitrogens with zero attached hydrogens (tertiary/aromatic N) is 3. The van der Waals surface area contributed by atoms with Crippen molar-refractivity contribution in [2.45, 2.75) is 19.9 Å². The van der Waals surface area contributed by atoms with Gasteiger partial charge in [0.2, 0.25) is 0 Å². The first-order valence-corrected chi connectivity index (χ1v) is 6.78. The lowest BCUT2D eigenvalue weighted by Gasteiger charge is -2.22. The first-order chi connectivity index (χ1) is 7.61. The molecule has 0 spiro atoms. The molecule has 5 heteroatoms. The minimum Gasteiger partial charge on any atom is -0.308 e. The van der Waals surface area contributed by atoms with Crippen LogP contribution in [0.2, 0.25) is 4.47 Å². The van der Waals surface area contributed by atoms with Gasteiger partial charge in [-0.2, -0.15) is 0 Å². The smallest absolute Gasteiger partial charge is 0.183 e. The Hall–Kier alpha value is -0.160. The fraction of sp³-hybridized carbons (Fsp3) is 0.727. The third kappa shape index (κ3) is 5.25.